The van der Waals surface area contributed by atoms with E-state index in [0.29, 0.717) is 34.7 Å². The first-order chi connectivity index (χ1) is 17.9. The smallest absolute Gasteiger partial charge is 0.341 e. The summed E-state index contributed by atoms with van der Waals surface area (Å²) in [6, 6.07) is 7.82. The Labute approximate surface area is 225 Å². The number of hydrogen-bond acceptors (Lipinski definition) is 8. The van der Waals surface area contributed by atoms with E-state index in [1.54, 1.807) is 13.0 Å². The number of esters is 1. The summed E-state index contributed by atoms with van der Waals surface area (Å²) < 4.78 is 13.3. The van der Waals surface area contributed by atoms with Crippen molar-refractivity contribution in [2.75, 3.05) is 17.7 Å². The molecule has 1 aromatic carbocycles. The molecule has 0 fully saturated rings. The lowest BCUT2D eigenvalue weighted by molar-refractivity contribution is -0.113. The molecule has 10 heteroatoms. The average molecular weight is 541 g/mol. The third kappa shape index (κ3) is 6.24. The fraction of sp³-hybridized carbons (Fsp3) is 0.407. The number of nitrogens with one attached hydrogen (secondary N) is 1. The van der Waals surface area contributed by atoms with Crippen molar-refractivity contribution in [2.24, 2.45) is 0 Å². The Hall–Kier alpha value is -3.11. The van der Waals surface area contributed by atoms with E-state index < -0.39 is 0 Å². The second-order valence-electron chi connectivity index (χ2n) is 8.74. The summed E-state index contributed by atoms with van der Waals surface area (Å²) >= 11 is 2.77. The first-order valence-corrected chi connectivity index (χ1v) is 14.2. The van der Waals surface area contributed by atoms with Crippen LogP contribution in [0.1, 0.15) is 65.0 Å². The van der Waals surface area contributed by atoms with Crippen molar-refractivity contribution in [2.45, 2.75) is 64.3 Å². The van der Waals surface area contributed by atoms with Crippen LogP contribution in [0.25, 0.3) is 0 Å². The highest BCUT2D eigenvalue weighted by molar-refractivity contribution is 7.99. The number of anilines is 1. The summed E-state index contributed by atoms with van der Waals surface area (Å²) in [6.07, 6.45) is 5.30. The molecule has 2 aromatic heterocycles. The van der Waals surface area contributed by atoms with Crippen molar-refractivity contribution in [1.82, 2.24) is 14.8 Å². The van der Waals surface area contributed by atoms with E-state index in [1.807, 2.05) is 42.7 Å². The lowest BCUT2D eigenvalue weighted by Gasteiger charge is -2.17. The van der Waals surface area contributed by atoms with Crippen LogP contribution in [0.3, 0.4) is 0 Å². The van der Waals surface area contributed by atoms with Crippen LogP contribution in [-0.4, -0.2) is 39.0 Å². The number of nitrogens with zero attached hydrogens (tertiary/aromatic N) is 3. The maximum Gasteiger partial charge on any atom is 0.341 e. The minimum absolute atomic E-state index is 0.118. The van der Waals surface area contributed by atoms with E-state index in [9.17, 15) is 9.59 Å². The quantitative estimate of drug-likeness (QED) is 0.188. The van der Waals surface area contributed by atoms with Crippen molar-refractivity contribution in [3.63, 3.8) is 0 Å². The van der Waals surface area contributed by atoms with Gasteiger partial charge in [0.05, 0.1) is 17.9 Å². The van der Waals surface area contributed by atoms with Crippen LogP contribution in [0.15, 0.2) is 42.1 Å². The van der Waals surface area contributed by atoms with Crippen molar-refractivity contribution in [1.29, 1.82) is 0 Å². The van der Waals surface area contributed by atoms with Gasteiger partial charge >= 0.3 is 5.97 Å². The van der Waals surface area contributed by atoms with Crippen LogP contribution in [-0.2, 0) is 28.9 Å². The third-order valence-corrected chi connectivity index (χ3v) is 8.23. The molecule has 1 aliphatic carbocycles. The predicted molar refractivity (Wildman–Crippen MR) is 147 cm³/mol. The molecule has 1 N–H and O–H groups in total. The van der Waals surface area contributed by atoms with Crippen molar-refractivity contribution in [3.05, 3.63) is 64.3 Å². The zero-order valence-electron chi connectivity index (χ0n) is 21.4. The largest absolute Gasteiger partial charge is 0.482 e. The molecule has 0 saturated carbocycles. The van der Waals surface area contributed by atoms with E-state index in [4.69, 9.17) is 9.47 Å². The molecule has 0 radical (unpaired) electrons. The van der Waals surface area contributed by atoms with Crippen LogP contribution >= 0.6 is 23.1 Å². The summed E-state index contributed by atoms with van der Waals surface area (Å²) in [5.74, 6) is 0.970. The highest BCUT2D eigenvalue weighted by Crippen LogP contribution is 2.38. The Balaban J connectivity index is 1.46. The molecule has 3 aromatic rings. The minimum Gasteiger partial charge on any atom is -0.482 e. The Bertz CT molecular complexity index is 1280. The maximum absolute atomic E-state index is 12.9. The summed E-state index contributed by atoms with van der Waals surface area (Å²) in [5.41, 5.74) is 2.57. The first kappa shape index (κ1) is 26.9. The molecule has 2 heterocycles. The van der Waals surface area contributed by atoms with E-state index in [1.165, 1.54) is 23.1 Å². The van der Waals surface area contributed by atoms with Crippen molar-refractivity contribution in [3.8, 4) is 5.75 Å². The first-order valence-electron chi connectivity index (χ1n) is 12.4. The Morgan fingerprint density at radius 1 is 1.27 bits per heavy atom. The Kier molecular flexibility index (Phi) is 9.04. The van der Waals surface area contributed by atoms with Gasteiger partial charge in [0.2, 0.25) is 5.91 Å². The minimum atomic E-state index is -0.372. The number of para-hydroxylation sites is 1. The summed E-state index contributed by atoms with van der Waals surface area (Å²) in [4.78, 5) is 26.8. The van der Waals surface area contributed by atoms with Crippen molar-refractivity contribution >= 4 is 40.0 Å². The number of thiophene rings is 1. The van der Waals surface area contributed by atoms with Crippen LogP contribution in [0.4, 0.5) is 5.00 Å². The monoisotopic (exact) mass is 540 g/mol. The number of rotatable bonds is 11. The van der Waals surface area contributed by atoms with E-state index in [2.05, 4.69) is 22.1 Å². The van der Waals surface area contributed by atoms with E-state index in [-0.39, 0.29) is 23.7 Å². The van der Waals surface area contributed by atoms with Gasteiger partial charge in [-0.25, -0.2) is 4.79 Å². The Morgan fingerprint density at radius 3 is 2.81 bits per heavy atom. The third-order valence-electron chi connectivity index (χ3n) is 6.05. The topological polar surface area (TPSA) is 95.3 Å². The summed E-state index contributed by atoms with van der Waals surface area (Å²) in [6.45, 7) is 10.3. The number of carbonyl (C=O) groups excluding carboxylic acids is 2. The maximum atomic E-state index is 12.9. The van der Waals surface area contributed by atoms with Gasteiger partial charge in [-0.3, -0.25) is 9.36 Å². The highest BCUT2D eigenvalue weighted by Gasteiger charge is 2.27. The molecule has 0 bridgehead atoms. The van der Waals surface area contributed by atoms with Crippen LogP contribution in [0.2, 0.25) is 0 Å². The second-order valence-corrected chi connectivity index (χ2v) is 10.8. The second kappa shape index (κ2) is 12.4. The number of thioether (sulfide) groups is 1. The molecule has 1 atom stereocenters. The van der Waals surface area contributed by atoms with Gasteiger partial charge in [-0.2, -0.15) is 0 Å². The number of ether oxygens (including phenoxy) is 2. The predicted octanol–water partition coefficient (Wildman–Crippen LogP) is 5.76. The number of carbonyl (C=O) groups is 2. The molecular weight excluding hydrogens is 508 g/mol. The molecule has 8 nitrogen and oxygen atoms in total. The lowest BCUT2D eigenvalue weighted by Crippen LogP contribution is -2.17. The van der Waals surface area contributed by atoms with Crippen molar-refractivity contribution < 1.29 is 19.1 Å². The fourth-order valence-corrected chi connectivity index (χ4v) is 6.35. The zero-order chi connectivity index (χ0) is 26.4. The van der Waals surface area contributed by atoms with Gasteiger partial charge in [-0.05, 0) is 63.6 Å². The number of fused-ring (bicyclic) bond motifs is 1. The molecule has 0 saturated heterocycles. The molecule has 37 heavy (non-hydrogen) atoms. The molecule has 0 spiro atoms. The summed E-state index contributed by atoms with van der Waals surface area (Å²) in [5, 5.41) is 12.8. The normalized spacial score (nSPS) is 13.5. The zero-order valence-corrected chi connectivity index (χ0v) is 23.0. The molecule has 4 rings (SSSR count). The highest BCUT2D eigenvalue weighted by atomic mass is 32.2. The Morgan fingerprint density at radius 2 is 2.05 bits per heavy atom. The fourth-order valence-electron chi connectivity index (χ4n) is 4.31. The number of aromatic nitrogens is 3. The van der Waals surface area contributed by atoms with Gasteiger partial charge in [0.15, 0.2) is 17.1 Å². The van der Waals surface area contributed by atoms with Gasteiger partial charge in [0.1, 0.15) is 10.8 Å². The standard InChI is InChI=1S/C27H32N4O4S2/c1-5-15-31-24(18(4)35-20-13-9-7-11-17(20)3)29-30-27(31)36-16-22(32)28-25-23(26(33)34-6-2)19-12-8-10-14-21(19)37-25/h5,7,9,11,13,18H,1,6,8,10,12,14-16H2,2-4H3,(H,28,32). The van der Waals surface area contributed by atoms with Crippen LogP contribution in [0, 0.1) is 6.92 Å². The number of benzene rings is 1. The molecule has 1 unspecified atom stereocenters. The van der Waals surface area contributed by atoms with E-state index >= 15 is 0 Å². The van der Waals surface area contributed by atoms with Gasteiger partial charge in [-0.1, -0.05) is 36.0 Å². The number of hydrogen-bond donors (Lipinski definition) is 1. The van der Waals surface area contributed by atoms with Gasteiger partial charge in [0, 0.05) is 11.4 Å². The number of amides is 1. The van der Waals surface area contributed by atoms with Crippen LogP contribution < -0.4 is 10.1 Å². The SMILES string of the molecule is C=CCn1c(SCC(=O)Nc2sc3c(c2C(=O)OCC)CCCC3)nnc1C(C)Oc1ccccc1C. The van der Waals surface area contributed by atoms with Gasteiger partial charge in [-0.15, -0.1) is 28.1 Å². The summed E-state index contributed by atoms with van der Waals surface area (Å²) in [7, 11) is 0. The van der Waals surface area contributed by atoms with E-state index in [0.717, 1.165) is 47.4 Å². The lowest BCUT2D eigenvalue weighted by atomic mass is 9.95. The average Bonchev–Trinajstić information content (AvgIpc) is 3.45. The molecule has 1 aliphatic rings. The molecule has 1 amide bonds. The van der Waals surface area contributed by atoms with Gasteiger partial charge < -0.3 is 14.8 Å². The molecule has 0 aliphatic heterocycles. The number of aryl methyl sites for hydroxylation is 2. The van der Waals surface area contributed by atoms with Crippen LogP contribution in [0.5, 0.6) is 5.75 Å². The molecular formula is C27H32N4O4S2. The molecule has 196 valence electrons. The number of allylic oxidation sites excluding steroid dienone is 1. The van der Waals surface area contributed by atoms with Gasteiger partial charge in [0.25, 0.3) is 0 Å².